The summed E-state index contributed by atoms with van der Waals surface area (Å²) in [6, 6.07) is 13.1. The van der Waals surface area contributed by atoms with Crippen LogP contribution in [0.2, 0.25) is 0 Å². The summed E-state index contributed by atoms with van der Waals surface area (Å²) >= 11 is 0. The van der Waals surface area contributed by atoms with Crippen LogP contribution in [0.5, 0.6) is 5.75 Å². The van der Waals surface area contributed by atoms with Crippen LogP contribution in [0.1, 0.15) is 12.0 Å². The minimum Gasteiger partial charge on any atom is -0.489 e. The molecule has 4 atom stereocenters. The molecule has 3 aliphatic rings. The summed E-state index contributed by atoms with van der Waals surface area (Å²) in [6.07, 6.45) is 5.07. The van der Waals surface area contributed by atoms with Gasteiger partial charge in [-0.1, -0.05) is 12.2 Å². The van der Waals surface area contributed by atoms with Gasteiger partial charge in [0.1, 0.15) is 12.4 Å². The van der Waals surface area contributed by atoms with Crippen molar-refractivity contribution in [3.63, 3.8) is 0 Å². The van der Waals surface area contributed by atoms with E-state index in [4.69, 9.17) is 4.74 Å². The predicted molar refractivity (Wildman–Crippen MR) is 104 cm³/mol. The number of benzene rings is 2. The van der Waals surface area contributed by atoms with Gasteiger partial charge in [-0.25, -0.2) is 0 Å². The molecule has 1 heterocycles. The fraction of sp³-hybridized carbons (Fsp3) is 0.273. The Balaban J connectivity index is 1.27. The Morgan fingerprint density at radius 3 is 2.07 bits per heavy atom. The van der Waals surface area contributed by atoms with Gasteiger partial charge in [0.25, 0.3) is 5.69 Å². The van der Waals surface area contributed by atoms with E-state index in [-0.39, 0.29) is 47.8 Å². The maximum atomic E-state index is 12.9. The zero-order chi connectivity index (χ0) is 20.1. The topological polar surface area (TPSA) is 89.8 Å². The van der Waals surface area contributed by atoms with E-state index in [1.54, 1.807) is 36.4 Å². The quantitative estimate of drug-likeness (QED) is 0.337. The maximum absolute atomic E-state index is 12.9. The first kappa shape index (κ1) is 17.6. The minimum absolute atomic E-state index is 0.0338. The average Bonchev–Trinajstić information content (AvgIpc) is 3.41. The number of ether oxygens (including phenoxy) is 1. The van der Waals surface area contributed by atoms with Gasteiger partial charge in [0.15, 0.2) is 0 Å². The molecule has 0 radical (unpaired) electrons. The number of nitro groups is 1. The average molecular weight is 390 g/mol. The highest BCUT2D eigenvalue weighted by molar-refractivity contribution is 6.22. The largest absolute Gasteiger partial charge is 0.489 e. The summed E-state index contributed by atoms with van der Waals surface area (Å²) in [4.78, 5) is 37.3. The van der Waals surface area contributed by atoms with Crippen LogP contribution in [0.25, 0.3) is 0 Å². The Morgan fingerprint density at radius 1 is 0.931 bits per heavy atom. The molecule has 1 saturated heterocycles. The monoisotopic (exact) mass is 390 g/mol. The zero-order valence-corrected chi connectivity index (χ0v) is 15.4. The number of anilines is 1. The molecule has 0 spiro atoms. The van der Waals surface area contributed by atoms with Gasteiger partial charge in [-0.15, -0.1) is 0 Å². The van der Waals surface area contributed by atoms with Crippen LogP contribution in [-0.4, -0.2) is 16.7 Å². The van der Waals surface area contributed by atoms with Crippen molar-refractivity contribution in [3.8, 4) is 5.75 Å². The minimum atomic E-state index is -0.444. The van der Waals surface area contributed by atoms with Gasteiger partial charge < -0.3 is 4.74 Å². The van der Waals surface area contributed by atoms with Crippen LogP contribution in [0.3, 0.4) is 0 Å². The van der Waals surface area contributed by atoms with E-state index in [1.165, 1.54) is 17.0 Å². The lowest BCUT2D eigenvalue weighted by atomic mass is 9.85. The van der Waals surface area contributed by atoms with Crippen LogP contribution < -0.4 is 9.64 Å². The van der Waals surface area contributed by atoms with Crippen LogP contribution in [0, 0.1) is 33.8 Å². The SMILES string of the molecule is O=C1[C@@H]2[C@H](C(=O)N1c1ccc(OCc3ccc([N+](=O)[O-])cc3)cc1)[C@@H]1C=C[C@H]2C1. The van der Waals surface area contributed by atoms with Crippen LogP contribution >= 0.6 is 0 Å². The summed E-state index contributed by atoms with van der Waals surface area (Å²) in [5.74, 6) is 0.346. The predicted octanol–water partition coefficient (Wildman–Crippen LogP) is 3.49. The van der Waals surface area contributed by atoms with E-state index in [9.17, 15) is 19.7 Å². The number of rotatable bonds is 5. The van der Waals surface area contributed by atoms with Crippen molar-refractivity contribution in [2.75, 3.05) is 4.90 Å². The van der Waals surface area contributed by atoms with E-state index in [0.29, 0.717) is 11.4 Å². The second-order valence-electron chi connectivity index (χ2n) is 7.72. The first-order chi connectivity index (χ1) is 14.0. The number of fused-ring (bicyclic) bond motifs is 5. The van der Waals surface area contributed by atoms with E-state index in [2.05, 4.69) is 12.2 Å². The molecule has 1 aliphatic heterocycles. The Morgan fingerprint density at radius 2 is 1.52 bits per heavy atom. The van der Waals surface area contributed by atoms with Gasteiger partial charge in [-0.05, 0) is 60.2 Å². The number of allylic oxidation sites excluding steroid dienone is 2. The number of hydrogen-bond acceptors (Lipinski definition) is 5. The molecule has 29 heavy (non-hydrogen) atoms. The number of amides is 2. The molecular weight excluding hydrogens is 372 g/mol. The van der Waals surface area contributed by atoms with Gasteiger partial charge in [0, 0.05) is 12.1 Å². The first-order valence-electron chi connectivity index (χ1n) is 9.55. The molecule has 0 unspecified atom stereocenters. The lowest BCUT2D eigenvalue weighted by molar-refractivity contribution is -0.384. The number of carbonyl (C=O) groups is 2. The molecule has 1 saturated carbocycles. The van der Waals surface area contributed by atoms with Crippen molar-refractivity contribution in [1.29, 1.82) is 0 Å². The highest BCUT2D eigenvalue weighted by atomic mass is 16.6. The van der Waals surface area contributed by atoms with Gasteiger partial charge in [0.05, 0.1) is 22.4 Å². The van der Waals surface area contributed by atoms with E-state index < -0.39 is 4.92 Å². The fourth-order valence-corrected chi connectivity index (χ4v) is 4.73. The number of carbonyl (C=O) groups excluding carboxylic acids is 2. The summed E-state index contributed by atoms with van der Waals surface area (Å²) in [6.45, 7) is 0.262. The van der Waals surface area contributed by atoms with Gasteiger partial charge in [-0.3, -0.25) is 24.6 Å². The second-order valence-corrected chi connectivity index (χ2v) is 7.72. The number of imide groups is 1. The number of nitro benzene ring substituents is 1. The molecule has 2 bridgehead atoms. The Labute approximate surface area is 166 Å². The molecule has 2 aromatic carbocycles. The van der Waals surface area contributed by atoms with Gasteiger partial charge >= 0.3 is 0 Å². The van der Waals surface area contributed by atoms with Crippen molar-refractivity contribution in [2.45, 2.75) is 13.0 Å². The first-order valence-corrected chi connectivity index (χ1v) is 9.55. The number of nitrogens with zero attached hydrogens (tertiary/aromatic N) is 2. The van der Waals surface area contributed by atoms with Crippen molar-refractivity contribution in [3.05, 3.63) is 76.4 Å². The third-order valence-electron chi connectivity index (χ3n) is 6.12. The molecular formula is C22H18N2O5. The lowest BCUT2D eigenvalue weighted by Crippen LogP contribution is -2.32. The Hall–Kier alpha value is -3.48. The van der Waals surface area contributed by atoms with Crippen molar-refractivity contribution < 1.29 is 19.2 Å². The molecule has 7 nitrogen and oxygen atoms in total. The molecule has 2 aliphatic carbocycles. The van der Waals surface area contributed by atoms with Crippen LogP contribution in [0.4, 0.5) is 11.4 Å². The Bertz CT molecular complexity index is 998. The number of non-ortho nitro benzene ring substituents is 1. The molecule has 0 aromatic heterocycles. The second kappa shape index (κ2) is 6.55. The Kier molecular flexibility index (Phi) is 3.97. The molecule has 7 heteroatoms. The van der Waals surface area contributed by atoms with Crippen molar-refractivity contribution >= 4 is 23.2 Å². The fourth-order valence-electron chi connectivity index (χ4n) is 4.73. The smallest absolute Gasteiger partial charge is 0.269 e. The van der Waals surface area contributed by atoms with Crippen molar-refractivity contribution in [2.24, 2.45) is 23.7 Å². The normalized spacial score (nSPS) is 26.8. The van der Waals surface area contributed by atoms with Gasteiger partial charge in [0.2, 0.25) is 11.8 Å². The molecule has 2 aromatic rings. The molecule has 146 valence electrons. The molecule has 2 amide bonds. The molecule has 2 fully saturated rings. The van der Waals surface area contributed by atoms with Gasteiger partial charge in [-0.2, -0.15) is 0 Å². The highest BCUT2D eigenvalue weighted by Gasteiger charge is 2.59. The summed E-state index contributed by atoms with van der Waals surface area (Å²) in [5.41, 5.74) is 1.41. The lowest BCUT2D eigenvalue weighted by Gasteiger charge is -2.17. The van der Waals surface area contributed by atoms with E-state index >= 15 is 0 Å². The van der Waals surface area contributed by atoms with Crippen LogP contribution in [-0.2, 0) is 16.2 Å². The van der Waals surface area contributed by atoms with Crippen LogP contribution in [0.15, 0.2) is 60.7 Å². The molecule has 5 rings (SSSR count). The van der Waals surface area contributed by atoms with E-state index in [0.717, 1.165) is 12.0 Å². The summed E-state index contributed by atoms with van der Waals surface area (Å²) < 4.78 is 5.71. The third kappa shape index (κ3) is 2.81. The number of hydrogen-bond donors (Lipinski definition) is 0. The highest BCUT2D eigenvalue weighted by Crippen LogP contribution is 2.53. The standard InChI is InChI=1S/C22H18N2O5/c25-21-19-14-3-4-15(11-14)20(19)22(26)23(21)16-7-9-18(10-8-16)29-12-13-1-5-17(6-2-13)24(27)28/h1-10,14-15,19-20H,11-12H2/t14-,15+,19-,20+. The maximum Gasteiger partial charge on any atom is 0.269 e. The van der Waals surface area contributed by atoms with Crippen molar-refractivity contribution in [1.82, 2.24) is 0 Å². The zero-order valence-electron chi connectivity index (χ0n) is 15.4. The van der Waals surface area contributed by atoms with E-state index in [1.807, 2.05) is 0 Å². The third-order valence-corrected chi connectivity index (χ3v) is 6.12. The summed E-state index contributed by atoms with van der Waals surface area (Å²) in [5, 5.41) is 10.7. The summed E-state index contributed by atoms with van der Waals surface area (Å²) in [7, 11) is 0. The molecule has 0 N–H and O–H groups in total.